The lowest BCUT2D eigenvalue weighted by atomic mass is 10.0. The maximum absolute atomic E-state index is 13.9. The number of hydrogen-bond donors (Lipinski definition) is 7. The van der Waals surface area contributed by atoms with Gasteiger partial charge >= 0.3 is 0 Å². The fourth-order valence-corrected chi connectivity index (χ4v) is 5.08. The Balaban J connectivity index is 1.83. The predicted octanol–water partition coefficient (Wildman–Crippen LogP) is -0.882. The van der Waals surface area contributed by atoms with Crippen LogP contribution in [0, 0.1) is 5.92 Å². The molecular weight excluding hydrogens is 630 g/mol. The predicted molar refractivity (Wildman–Crippen MR) is 181 cm³/mol. The summed E-state index contributed by atoms with van der Waals surface area (Å²) in [5.74, 6) is -3.61. The molecule has 0 saturated heterocycles. The molecule has 3 aromatic rings. The first-order valence-electron chi connectivity index (χ1n) is 16.3. The molecule has 1 aromatic heterocycles. The standard InChI is InChI=1S/C34H47N9O6/c1-22(2)16-26(31(36)46)38-32(47)27(17-24-12-7-4-8-13-24)39-33(48)28(40-34(49)29(21-44)37-30(45)18-35)20-43-19-25(41-42-43)15-9-14-23-10-5-3-6-11-23/h3-8,10-13,19,22,26-29,44H,9,14-18,20-21,35H2,1-2H3,(H2,36,46)(H,37,45)(H,38,47)(H,39,48)(H,40,49)/t26-,27-,28-,29-/m0/s1. The van der Waals surface area contributed by atoms with Gasteiger partial charge in [0.15, 0.2) is 0 Å². The Morgan fingerprint density at radius 2 is 1.35 bits per heavy atom. The molecule has 0 unspecified atom stereocenters. The van der Waals surface area contributed by atoms with Gasteiger partial charge in [0.1, 0.15) is 24.2 Å². The fraction of sp³-hybridized carbons (Fsp3) is 0.441. The monoisotopic (exact) mass is 677 g/mol. The third-order valence-corrected chi connectivity index (χ3v) is 7.63. The molecule has 0 radical (unpaired) electrons. The fourth-order valence-electron chi connectivity index (χ4n) is 5.08. The molecule has 49 heavy (non-hydrogen) atoms. The van der Waals surface area contributed by atoms with Crippen LogP contribution in [0.1, 0.15) is 43.5 Å². The number of nitrogens with zero attached hydrogens (tertiary/aromatic N) is 3. The van der Waals surface area contributed by atoms with E-state index in [2.05, 4.69) is 31.6 Å². The van der Waals surface area contributed by atoms with Crippen LogP contribution in [0.4, 0.5) is 0 Å². The highest BCUT2D eigenvalue weighted by Gasteiger charge is 2.32. The second-order valence-electron chi connectivity index (χ2n) is 12.2. The van der Waals surface area contributed by atoms with Crippen molar-refractivity contribution in [2.24, 2.45) is 17.4 Å². The van der Waals surface area contributed by atoms with E-state index in [1.807, 2.05) is 50.2 Å². The van der Waals surface area contributed by atoms with Crippen molar-refractivity contribution < 1.29 is 29.1 Å². The molecule has 0 saturated carbocycles. The second-order valence-corrected chi connectivity index (χ2v) is 12.2. The lowest BCUT2D eigenvalue weighted by Gasteiger charge is -2.26. The molecule has 0 spiro atoms. The van der Waals surface area contributed by atoms with Crippen molar-refractivity contribution in [1.29, 1.82) is 0 Å². The molecule has 0 aliphatic rings. The largest absolute Gasteiger partial charge is 0.394 e. The van der Waals surface area contributed by atoms with E-state index in [0.29, 0.717) is 18.5 Å². The Morgan fingerprint density at radius 1 is 0.776 bits per heavy atom. The van der Waals surface area contributed by atoms with Crippen molar-refractivity contribution >= 4 is 29.5 Å². The molecule has 3 rings (SSSR count). The van der Waals surface area contributed by atoms with Crippen LogP contribution in [0.2, 0.25) is 0 Å². The van der Waals surface area contributed by atoms with Gasteiger partial charge < -0.3 is 37.8 Å². The van der Waals surface area contributed by atoms with Gasteiger partial charge in [-0.25, -0.2) is 4.68 Å². The molecule has 2 aromatic carbocycles. The highest BCUT2D eigenvalue weighted by Crippen LogP contribution is 2.10. The van der Waals surface area contributed by atoms with Crippen molar-refractivity contribution in [1.82, 2.24) is 36.3 Å². The van der Waals surface area contributed by atoms with Gasteiger partial charge in [-0.2, -0.15) is 0 Å². The number of aliphatic hydroxyl groups excluding tert-OH is 1. The average molecular weight is 678 g/mol. The van der Waals surface area contributed by atoms with Crippen molar-refractivity contribution in [3.63, 3.8) is 0 Å². The Labute approximate surface area is 285 Å². The van der Waals surface area contributed by atoms with Gasteiger partial charge in [0.2, 0.25) is 29.5 Å². The van der Waals surface area contributed by atoms with Crippen LogP contribution in [-0.4, -0.2) is 87.0 Å². The zero-order valence-electron chi connectivity index (χ0n) is 27.9. The number of carbonyl (C=O) groups is 5. The molecule has 9 N–H and O–H groups in total. The molecule has 15 heteroatoms. The van der Waals surface area contributed by atoms with Crippen LogP contribution in [-0.2, 0) is 49.8 Å². The molecule has 264 valence electrons. The summed E-state index contributed by atoms with van der Waals surface area (Å²) in [6.07, 6.45) is 4.28. The summed E-state index contributed by atoms with van der Waals surface area (Å²) in [4.78, 5) is 64.6. The van der Waals surface area contributed by atoms with Crippen molar-refractivity contribution in [3.05, 3.63) is 83.7 Å². The van der Waals surface area contributed by atoms with Gasteiger partial charge in [0.05, 0.1) is 25.4 Å². The summed E-state index contributed by atoms with van der Waals surface area (Å²) < 4.78 is 1.40. The zero-order chi connectivity index (χ0) is 35.8. The molecule has 4 atom stereocenters. The van der Waals surface area contributed by atoms with E-state index in [4.69, 9.17) is 11.5 Å². The van der Waals surface area contributed by atoms with E-state index in [1.54, 1.807) is 30.5 Å². The van der Waals surface area contributed by atoms with Gasteiger partial charge in [-0.05, 0) is 42.7 Å². The average Bonchev–Trinajstić information content (AvgIpc) is 3.53. The quantitative estimate of drug-likeness (QED) is 0.0785. The van der Waals surface area contributed by atoms with E-state index < -0.39 is 66.9 Å². The molecule has 0 aliphatic carbocycles. The lowest BCUT2D eigenvalue weighted by molar-refractivity contribution is -0.135. The lowest BCUT2D eigenvalue weighted by Crippen LogP contribution is -2.60. The Morgan fingerprint density at radius 3 is 1.94 bits per heavy atom. The zero-order valence-corrected chi connectivity index (χ0v) is 27.9. The third-order valence-electron chi connectivity index (χ3n) is 7.63. The molecular formula is C34H47N9O6. The number of aliphatic hydroxyl groups is 1. The van der Waals surface area contributed by atoms with Gasteiger partial charge in [0.25, 0.3) is 0 Å². The highest BCUT2D eigenvalue weighted by atomic mass is 16.3. The smallest absolute Gasteiger partial charge is 0.245 e. The van der Waals surface area contributed by atoms with Gasteiger partial charge in [-0.15, -0.1) is 5.10 Å². The molecule has 0 aliphatic heterocycles. The van der Waals surface area contributed by atoms with Crippen molar-refractivity contribution in [2.75, 3.05) is 13.2 Å². The molecule has 5 amide bonds. The number of amides is 5. The normalized spacial score (nSPS) is 13.5. The summed E-state index contributed by atoms with van der Waals surface area (Å²) >= 11 is 0. The molecule has 0 fully saturated rings. The van der Waals surface area contributed by atoms with Crippen LogP contribution >= 0.6 is 0 Å². The molecule has 1 heterocycles. The van der Waals surface area contributed by atoms with E-state index >= 15 is 0 Å². The minimum Gasteiger partial charge on any atom is -0.394 e. The number of rotatable bonds is 20. The third kappa shape index (κ3) is 13.1. The maximum atomic E-state index is 13.9. The van der Waals surface area contributed by atoms with E-state index in [-0.39, 0.29) is 18.9 Å². The minimum absolute atomic E-state index is 0.0460. The van der Waals surface area contributed by atoms with Crippen molar-refractivity contribution in [2.45, 2.75) is 76.7 Å². The SMILES string of the molecule is CC(C)C[C@H](NC(=O)[C@H](Cc1ccccc1)NC(=O)[C@H](Cn1cc(CCCc2ccccc2)nn1)NC(=O)[C@H](CO)NC(=O)CN)C(N)=O. The van der Waals surface area contributed by atoms with Gasteiger partial charge in [-0.3, -0.25) is 24.0 Å². The Hall–Kier alpha value is -5.15. The highest BCUT2D eigenvalue weighted by molar-refractivity contribution is 5.95. The van der Waals surface area contributed by atoms with Gasteiger partial charge in [0, 0.05) is 12.6 Å². The van der Waals surface area contributed by atoms with Gasteiger partial charge in [-0.1, -0.05) is 79.7 Å². The topological polar surface area (TPSA) is 236 Å². The second kappa shape index (κ2) is 19.6. The Bertz CT molecular complexity index is 1520. The summed E-state index contributed by atoms with van der Waals surface area (Å²) in [5, 5.41) is 28.4. The number of aryl methyl sites for hydroxylation is 2. The first kappa shape index (κ1) is 38.3. The Kier molecular flexibility index (Phi) is 15.3. The summed E-state index contributed by atoms with van der Waals surface area (Å²) in [5.41, 5.74) is 13.5. The number of hydrogen-bond acceptors (Lipinski definition) is 9. The molecule has 15 nitrogen and oxygen atoms in total. The minimum atomic E-state index is -1.40. The first-order chi connectivity index (χ1) is 23.5. The summed E-state index contributed by atoms with van der Waals surface area (Å²) in [6, 6.07) is 14.1. The van der Waals surface area contributed by atoms with Crippen LogP contribution < -0.4 is 32.7 Å². The van der Waals surface area contributed by atoms with Crippen LogP contribution in [0.5, 0.6) is 0 Å². The number of nitrogens with two attached hydrogens (primary N) is 2. The van der Waals surface area contributed by atoms with Crippen molar-refractivity contribution in [3.8, 4) is 0 Å². The molecule has 0 bridgehead atoms. The number of carbonyl (C=O) groups excluding carboxylic acids is 5. The van der Waals surface area contributed by atoms with Crippen LogP contribution in [0.15, 0.2) is 66.9 Å². The van der Waals surface area contributed by atoms with Crippen LogP contribution in [0.3, 0.4) is 0 Å². The number of nitrogens with one attached hydrogen (secondary N) is 4. The number of primary amides is 1. The van der Waals surface area contributed by atoms with E-state index in [1.165, 1.54) is 10.2 Å². The number of aromatic nitrogens is 3. The number of benzene rings is 2. The van der Waals surface area contributed by atoms with E-state index in [9.17, 15) is 29.1 Å². The first-order valence-corrected chi connectivity index (χ1v) is 16.3. The van der Waals surface area contributed by atoms with Crippen LogP contribution in [0.25, 0.3) is 0 Å². The summed E-state index contributed by atoms with van der Waals surface area (Å²) in [7, 11) is 0. The maximum Gasteiger partial charge on any atom is 0.245 e. The summed E-state index contributed by atoms with van der Waals surface area (Å²) in [6.45, 7) is 2.40. The van der Waals surface area contributed by atoms with E-state index in [0.717, 1.165) is 18.4 Å².